The average molecular weight is 407 g/mol. The molecule has 1 aromatic heterocycles. The Hall–Kier alpha value is -3.94. The van der Waals surface area contributed by atoms with Crippen molar-refractivity contribution in [3.8, 4) is 11.4 Å². The van der Waals surface area contributed by atoms with E-state index in [1.807, 2.05) is 0 Å². The topological polar surface area (TPSA) is 99.5 Å². The number of carbonyl (C=O) groups is 2. The van der Waals surface area contributed by atoms with Crippen molar-refractivity contribution in [2.45, 2.75) is 13.8 Å². The van der Waals surface area contributed by atoms with Crippen molar-refractivity contribution in [2.24, 2.45) is 0 Å². The summed E-state index contributed by atoms with van der Waals surface area (Å²) in [5, 5.41) is 6.74. The number of esters is 1. The molecule has 0 fully saturated rings. The number of ether oxygens (including phenoxy) is 2. The molecule has 1 amide bonds. The van der Waals surface area contributed by atoms with Crippen molar-refractivity contribution < 1.29 is 19.1 Å². The fourth-order valence-corrected chi connectivity index (χ4v) is 2.78. The predicted molar refractivity (Wildman–Crippen MR) is 111 cm³/mol. The maximum atomic E-state index is 12.8. The monoisotopic (exact) mass is 407 g/mol. The SMILES string of the molecule is CCOC(=O)c1nn(-c2ccccc2)c(=O)cc1NC(=O)c1ccccc1OCC. The molecule has 0 bridgehead atoms. The fourth-order valence-electron chi connectivity index (χ4n) is 2.78. The Labute approximate surface area is 173 Å². The number of nitrogens with one attached hydrogen (secondary N) is 1. The summed E-state index contributed by atoms with van der Waals surface area (Å²) in [5.74, 6) is -0.903. The van der Waals surface area contributed by atoms with Crippen molar-refractivity contribution >= 4 is 17.6 Å². The van der Waals surface area contributed by atoms with Gasteiger partial charge in [-0.3, -0.25) is 9.59 Å². The minimum Gasteiger partial charge on any atom is -0.493 e. The smallest absolute Gasteiger partial charge is 0.360 e. The van der Waals surface area contributed by atoms with Crippen molar-refractivity contribution in [1.29, 1.82) is 0 Å². The molecular weight excluding hydrogens is 386 g/mol. The van der Waals surface area contributed by atoms with Gasteiger partial charge in [0.2, 0.25) is 0 Å². The summed E-state index contributed by atoms with van der Waals surface area (Å²) in [6.45, 7) is 3.96. The van der Waals surface area contributed by atoms with Gasteiger partial charge in [0, 0.05) is 6.07 Å². The molecule has 1 heterocycles. The third kappa shape index (κ3) is 4.54. The van der Waals surface area contributed by atoms with Crippen LogP contribution >= 0.6 is 0 Å². The number of benzene rings is 2. The summed E-state index contributed by atoms with van der Waals surface area (Å²) in [7, 11) is 0. The number of hydrogen-bond acceptors (Lipinski definition) is 6. The minimum atomic E-state index is -0.754. The first-order valence-electron chi connectivity index (χ1n) is 9.45. The Morgan fingerprint density at radius 3 is 2.40 bits per heavy atom. The number of hydrogen-bond donors (Lipinski definition) is 1. The Morgan fingerprint density at radius 2 is 1.70 bits per heavy atom. The van der Waals surface area contributed by atoms with E-state index in [9.17, 15) is 14.4 Å². The highest BCUT2D eigenvalue weighted by atomic mass is 16.5. The number of para-hydroxylation sites is 2. The second kappa shape index (κ2) is 9.51. The van der Waals surface area contributed by atoms with Gasteiger partial charge in [0.1, 0.15) is 5.75 Å². The molecule has 3 aromatic rings. The van der Waals surface area contributed by atoms with Gasteiger partial charge in [-0.15, -0.1) is 0 Å². The van der Waals surface area contributed by atoms with Crippen LogP contribution in [0.5, 0.6) is 5.75 Å². The van der Waals surface area contributed by atoms with Gasteiger partial charge in [-0.25, -0.2) is 4.79 Å². The zero-order valence-corrected chi connectivity index (χ0v) is 16.6. The van der Waals surface area contributed by atoms with E-state index in [0.717, 1.165) is 10.7 Å². The van der Waals surface area contributed by atoms with Gasteiger partial charge < -0.3 is 14.8 Å². The minimum absolute atomic E-state index is 0.0399. The van der Waals surface area contributed by atoms with Gasteiger partial charge in [-0.1, -0.05) is 30.3 Å². The molecule has 154 valence electrons. The lowest BCUT2D eigenvalue weighted by molar-refractivity contribution is 0.0518. The zero-order valence-electron chi connectivity index (χ0n) is 16.6. The van der Waals surface area contributed by atoms with Crippen molar-refractivity contribution in [1.82, 2.24) is 9.78 Å². The molecule has 0 aliphatic rings. The van der Waals surface area contributed by atoms with Crippen LogP contribution in [0.2, 0.25) is 0 Å². The van der Waals surface area contributed by atoms with Gasteiger partial charge in [0.15, 0.2) is 5.69 Å². The molecule has 8 heteroatoms. The van der Waals surface area contributed by atoms with E-state index in [1.165, 1.54) is 0 Å². The lowest BCUT2D eigenvalue weighted by Crippen LogP contribution is -2.27. The van der Waals surface area contributed by atoms with Crippen LogP contribution in [0.3, 0.4) is 0 Å². The molecule has 0 aliphatic heterocycles. The third-order valence-electron chi connectivity index (χ3n) is 4.08. The van der Waals surface area contributed by atoms with Crippen LogP contribution in [0.15, 0.2) is 65.5 Å². The molecule has 0 spiro atoms. The van der Waals surface area contributed by atoms with E-state index in [1.54, 1.807) is 68.4 Å². The first kappa shape index (κ1) is 20.8. The summed E-state index contributed by atoms with van der Waals surface area (Å²) < 4.78 is 11.6. The molecule has 2 aromatic carbocycles. The molecule has 3 rings (SSSR count). The number of nitrogens with zero attached hydrogens (tertiary/aromatic N) is 2. The molecule has 8 nitrogen and oxygen atoms in total. The van der Waals surface area contributed by atoms with Crippen molar-refractivity contribution in [3.63, 3.8) is 0 Å². The van der Waals surface area contributed by atoms with E-state index in [0.29, 0.717) is 18.0 Å². The lowest BCUT2D eigenvalue weighted by atomic mass is 10.1. The summed E-state index contributed by atoms with van der Waals surface area (Å²) >= 11 is 0. The summed E-state index contributed by atoms with van der Waals surface area (Å²) in [4.78, 5) is 37.9. The Bertz CT molecular complexity index is 1110. The number of rotatable bonds is 7. The van der Waals surface area contributed by atoms with E-state index in [-0.39, 0.29) is 23.6 Å². The van der Waals surface area contributed by atoms with Crippen molar-refractivity contribution in [3.05, 3.63) is 82.3 Å². The highest BCUT2D eigenvalue weighted by Gasteiger charge is 2.21. The Balaban J connectivity index is 2.04. The molecular formula is C22H21N3O5. The Morgan fingerprint density at radius 1 is 1.00 bits per heavy atom. The van der Waals surface area contributed by atoms with Crippen LogP contribution in [0.25, 0.3) is 5.69 Å². The maximum Gasteiger partial charge on any atom is 0.360 e. The van der Waals surface area contributed by atoms with Crippen LogP contribution in [-0.4, -0.2) is 34.9 Å². The number of anilines is 1. The van der Waals surface area contributed by atoms with Crippen LogP contribution in [0.4, 0.5) is 5.69 Å². The van der Waals surface area contributed by atoms with Gasteiger partial charge in [0.05, 0.1) is 30.2 Å². The Kier molecular flexibility index (Phi) is 6.59. The molecule has 0 unspecified atom stereocenters. The zero-order chi connectivity index (χ0) is 21.5. The average Bonchev–Trinajstić information content (AvgIpc) is 2.75. The fraction of sp³-hybridized carbons (Fsp3) is 0.182. The normalized spacial score (nSPS) is 10.3. The molecule has 1 N–H and O–H groups in total. The van der Waals surface area contributed by atoms with Crippen LogP contribution in [-0.2, 0) is 4.74 Å². The van der Waals surface area contributed by atoms with E-state index >= 15 is 0 Å². The number of aromatic nitrogens is 2. The number of carbonyl (C=O) groups excluding carboxylic acids is 2. The first-order chi connectivity index (χ1) is 14.5. The van der Waals surface area contributed by atoms with Gasteiger partial charge in [0.25, 0.3) is 11.5 Å². The maximum absolute atomic E-state index is 12.8. The molecule has 30 heavy (non-hydrogen) atoms. The largest absolute Gasteiger partial charge is 0.493 e. The van der Waals surface area contributed by atoms with E-state index in [4.69, 9.17) is 9.47 Å². The van der Waals surface area contributed by atoms with E-state index in [2.05, 4.69) is 10.4 Å². The molecule has 0 saturated heterocycles. The molecule has 0 radical (unpaired) electrons. The number of amides is 1. The molecule has 0 atom stereocenters. The second-order valence-electron chi connectivity index (χ2n) is 6.10. The first-order valence-corrected chi connectivity index (χ1v) is 9.45. The van der Waals surface area contributed by atoms with Crippen LogP contribution in [0.1, 0.15) is 34.7 Å². The highest BCUT2D eigenvalue weighted by molar-refractivity contribution is 6.08. The summed E-state index contributed by atoms with van der Waals surface area (Å²) in [5.41, 5.74) is 0.0149. The summed E-state index contributed by atoms with van der Waals surface area (Å²) in [6, 6.07) is 16.5. The lowest BCUT2D eigenvalue weighted by Gasteiger charge is -2.14. The highest BCUT2D eigenvalue weighted by Crippen LogP contribution is 2.21. The van der Waals surface area contributed by atoms with Crippen LogP contribution in [0, 0.1) is 0 Å². The van der Waals surface area contributed by atoms with Gasteiger partial charge in [-0.2, -0.15) is 9.78 Å². The van der Waals surface area contributed by atoms with Gasteiger partial charge in [-0.05, 0) is 38.1 Å². The quantitative estimate of drug-likeness (QED) is 0.605. The third-order valence-corrected chi connectivity index (χ3v) is 4.08. The second-order valence-corrected chi connectivity index (χ2v) is 6.10. The van der Waals surface area contributed by atoms with E-state index < -0.39 is 17.4 Å². The van der Waals surface area contributed by atoms with Crippen LogP contribution < -0.4 is 15.6 Å². The molecule has 0 saturated carbocycles. The predicted octanol–water partition coefficient (Wildman–Crippen LogP) is 3.06. The van der Waals surface area contributed by atoms with Crippen molar-refractivity contribution in [2.75, 3.05) is 18.5 Å². The molecule has 0 aliphatic carbocycles. The standard InChI is InChI=1S/C22H21N3O5/c1-3-29-18-13-9-8-12-16(18)21(27)23-17-14-19(26)25(15-10-6-5-7-11-15)24-20(17)22(28)30-4-2/h5-14H,3-4H2,1-2H3,(H,23,27). The summed E-state index contributed by atoms with van der Waals surface area (Å²) in [6.07, 6.45) is 0. The van der Waals surface area contributed by atoms with Gasteiger partial charge >= 0.3 is 5.97 Å².